The van der Waals surface area contributed by atoms with Gasteiger partial charge in [0.2, 0.25) is 0 Å². The number of pyridine rings is 1. The summed E-state index contributed by atoms with van der Waals surface area (Å²) in [5.74, 6) is 1.44. The van der Waals surface area contributed by atoms with Gasteiger partial charge >= 0.3 is 5.97 Å². The lowest BCUT2D eigenvalue weighted by atomic mass is 9.97. The Hall–Kier alpha value is -2.74. The van der Waals surface area contributed by atoms with Gasteiger partial charge in [0, 0.05) is 30.2 Å². The summed E-state index contributed by atoms with van der Waals surface area (Å²) >= 11 is 0. The molecule has 1 saturated heterocycles. The maximum absolute atomic E-state index is 11.9. The maximum Gasteiger partial charge on any atom is 0.308 e. The first-order valence-corrected chi connectivity index (χ1v) is 7.65. The van der Waals surface area contributed by atoms with E-state index in [1.807, 2.05) is 18.2 Å². The fraction of sp³-hybridized carbons (Fsp3) is 0.333. The van der Waals surface area contributed by atoms with Crippen LogP contribution in [0.1, 0.15) is 12.8 Å². The molecule has 0 aliphatic carbocycles. The van der Waals surface area contributed by atoms with Crippen molar-refractivity contribution in [2.75, 3.05) is 18.0 Å². The lowest BCUT2D eigenvalue weighted by Gasteiger charge is -2.32. The minimum absolute atomic E-state index is 0.118. The van der Waals surface area contributed by atoms with E-state index in [1.54, 1.807) is 10.6 Å². The number of carbonyl (C=O) groups is 1. The lowest BCUT2D eigenvalue weighted by Crippen LogP contribution is -2.38. The van der Waals surface area contributed by atoms with E-state index < -0.39 is 5.97 Å². The summed E-state index contributed by atoms with van der Waals surface area (Å²) < 4.78 is 1.56. The Morgan fingerprint density at radius 3 is 2.91 bits per heavy atom. The van der Waals surface area contributed by atoms with Gasteiger partial charge in [0.25, 0.3) is 5.56 Å². The molecule has 1 fully saturated rings. The molecular weight excluding hydrogens is 292 g/mol. The Kier molecular flexibility index (Phi) is 4.07. The molecule has 0 spiro atoms. The van der Waals surface area contributed by atoms with Crippen LogP contribution in [0.2, 0.25) is 0 Å². The van der Waals surface area contributed by atoms with Crippen molar-refractivity contribution in [3.63, 3.8) is 0 Å². The highest BCUT2D eigenvalue weighted by Crippen LogP contribution is 2.26. The number of fused-ring (bicyclic) bond motifs is 1. The minimum atomic E-state index is -0.738. The van der Waals surface area contributed by atoms with Gasteiger partial charge in [-0.25, -0.2) is 0 Å². The van der Waals surface area contributed by atoms with E-state index in [4.69, 9.17) is 6.42 Å². The van der Waals surface area contributed by atoms with Crippen LogP contribution < -0.4 is 10.5 Å². The molecule has 3 rings (SSSR count). The molecule has 1 aromatic carbocycles. The van der Waals surface area contributed by atoms with E-state index in [-0.39, 0.29) is 18.0 Å². The zero-order chi connectivity index (χ0) is 16.4. The number of terminal acetylenes is 1. The van der Waals surface area contributed by atoms with Crippen molar-refractivity contribution in [1.82, 2.24) is 4.57 Å². The zero-order valence-electron chi connectivity index (χ0n) is 12.7. The molecule has 1 aliphatic rings. The summed E-state index contributed by atoms with van der Waals surface area (Å²) in [5, 5.41) is 10.1. The average molecular weight is 310 g/mol. The number of benzene rings is 1. The molecule has 0 bridgehead atoms. The molecule has 2 heterocycles. The maximum atomic E-state index is 11.9. The van der Waals surface area contributed by atoms with Crippen molar-refractivity contribution in [2.45, 2.75) is 19.4 Å². The summed E-state index contributed by atoms with van der Waals surface area (Å²) in [6.45, 7) is 1.60. The van der Waals surface area contributed by atoms with Crippen LogP contribution in [0.25, 0.3) is 10.9 Å². The number of aliphatic carboxylic acids is 1. The highest BCUT2D eigenvalue weighted by atomic mass is 16.4. The molecule has 1 aromatic heterocycles. The minimum Gasteiger partial charge on any atom is -0.481 e. The van der Waals surface area contributed by atoms with Crippen LogP contribution in [0.15, 0.2) is 35.1 Å². The lowest BCUT2D eigenvalue weighted by molar-refractivity contribution is -0.141. The van der Waals surface area contributed by atoms with Crippen molar-refractivity contribution in [2.24, 2.45) is 5.92 Å². The molecule has 1 unspecified atom stereocenters. The third kappa shape index (κ3) is 2.93. The molecule has 23 heavy (non-hydrogen) atoms. The van der Waals surface area contributed by atoms with Crippen LogP contribution in [0, 0.1) is 18.3 Å². The van der Waals surface area contributed by atoms with Crippen molar-refractivity contribution in [3.05, 3.63) is 40.7 Å². The Morgan fingerprint density at radius 1 is 1.35 bits per heavy atom. The number of rotatable bonds is 3. The average Bonchev–Trinajstić information content (AvgIpc) is 2.57. The van der Waals surface area contributed by atoms with Crippen molar-refractivity contribution in [1.29, 1.82) is 0 Å². The number of anilines is 1. The number of hydrogen-bond donors (Lipinski definition) is 1. The molecule has 0 amide bonds. The standard InChI is InChI=1S/C18H18N2O3/c1-2-9-20-16-7-6-15(11-13(16)5-8-17(20)21)19-10-3-4-14(12-19)18(22)23/h1,5-8,11,14H,3-4,9-10,12H2,(H,22,23). The summed E-state index contributed by atoms with van der Waals surface area (Å²) in [5.41, 5.74) is 1.66. The smallest absolute Gasteiger partial charge is 0.308 e. The van der Waals surface area contributed by atoms with Crippen LogP contribution in [-0.2, 0) is 11.3 Å². The number of nitrogens with zero attached hydrogens (tertiary/aromatic N) is 2. The van der Waals surface area contributed by atoms with Gasteiger partial charge in [0.1, 0.15) is 0 Å². The molecule has 0 saturated carbocycles. The Balaban J connectivity index is 1.98. The molecule has 5 nitrogen and oxygen atoms in total. The van der Waals surface area contributed by atoms with Gasteiger partial charge < -0.3 is 10.0 Å². The van der Waals surface area contributed by atoms with Gasteiger partial charge in [0.05, 0.1) is 18.0 Å². The van der Waals surface area contributed by atoms with E-state index in [2.05, 4.69) is 10.8 Å². The number of carboxylic acids is 1. The van der Waals surface area contributed by atoms with Crippen LogP contribution in [-0.4, -0.2) is 28.7 Å². The number of aromatic nitrogens is 1. The first-order valence-electron chi connectivity index (χ1n) is 7.65. The fourth-order valence-electron chi connectivity index (χ4n) is 3.16. The van der Waals surface area contributed by atoms with E-state index in [1.165, 1.54) is 6.07 Å². The van der Waals surface area contributed by atoms with E-state index in [0.29, 0.717) is 6.54 Å². The molecule has 0 radical (unpaired) electrons. The van der Waals surface area contributed by atoms with Crippen molar-refractivity contribution >= 4 is 22.6 Å². The predicted octanol–water partition coefficient (Wildman–Crippen LogP) is 1.94. The van der Waals surface area contributed by atoms with Crippen LogP contribution in [0.3, 0.4) is 0 Å². The highest BCUT2D eigenvalue weighted by Gasteiger charge is 2.25. The second kappa shape index (κ2) is 6.17. The first-order chi connectivity index (χ1) is 11.1. The van der Waals surface area contributed by atoms with E-state index in [9.17, 15) is 14.7 Å². The number of carboxylic acid groups (broad SMARTS) is 1. The van der Waals surface area contributed by atoms with Gasteiger partial charge in [-0.05, 0) is 37.1 Å². The van der Waals surface area contributed by atoms with Gasteiger partial charge in [-0.15, -0.1) is 6.42 Å². The Bertz CT molecular complexity index is 847. The second-order valence-electron chi connectivity index (χ2n) is 5.83. The zero-order valence-corrected chi connectivity index (χ0v) is 12.7. The Morgan fingerprint density at radius 2 is 2.17 bits per heavy atom. The highest BCUT2D eigenvalue weighted by molar-refractivity contribution is 5.83. The van der Waals surface area contributed by atoms with Gasteiger partial charge in [-0.3, -0.25) is 14.2 Å². The fourth-order valence-corrected chi connectivity index (χ4v) is 3.16. The summed E-state index contributed by atoms with van der Waals surface area (Å²) in [6, 6.07) is 9.10. The van der Waals surface area contributed by atoms with E-state index >= 15 is 0 Å². The summed E-state index contributed by atoms with van der Waals surface area (Å²) in [4.78, 5) is 25.2. The topological polar surface area (TPSA) is 62.5 Å². The van der Waals surface area contributed by atoms with Crippen molar-refractivity contribution < 1.29 is 9.90 Å². The van der Waals surface area contributed by atoms with Crippen LogP contribution in [0.4, 0.5) is 5.69 Å². The molecule has 2 aromatic rings. The van der Waals surface area contributed by atoms with Gasteiger partial charge in [-0.2, -0.15) is 0 Å². The Labute approximate surface area is 134 Å². The van der Waals surface area contributed by atoms with Crippen LogP contribution in [0.5, 0.6) is 0 Å². The number of hydrogen-bond acceptors (Lipinski definition) is 3. The molecule has 1 N–H and O–H groups in total. The summed E-state index contributed by atoms with van der Waals surface area (Å²) in [6.07, 6.45) is 6.93. The molecule has 118 valence electrons. The third-order valence-electron chi connectivity index (χ3n) is 4.36. The quantitative estimate of drug-likeness (QED) is 0.880. The molecule has 1 atom stereocenters. The first kappa shape index (κ1) is 15.2. The van der Waals surface area contributed by atoms with Crippen LogP contribution >= 0.6 is 0 Å². The third-order valence-corrected chi connectivity index (χ3v) is 4.36. The van der Waals surface area contributed by atoms with Gasteiger partial charge in [-0.1, -0.05) is 5.92 Å². The molecule has 1 aliphatic heterocycles. The SMILES string of the molecule is C#CCn1c(=O)ccc2cc(N3CCCC(C(=O)O)C3)ccc21. The van der Waals surface area contributed by atoms with E-state index in [0.717, 1.165) is 36.0 Å². The monoisotopic (exact) mass is 310 g/mol. The molecular formula is C18H18N2O3. The number of piperidine rings is 1. The second-order valence-corrected chi connectivity index (χ2v) is 5.83. The summed E-state index contributed by atoms with van der Waals surface area (Å²) in [7, 11) is 0. The largest absolute Gasteiger partial charge is 0.481 e. The predicted molar refractivity (Wildman–Crippen MR) is 89.6 cm³/mol. The van der Waals surface area contributed by atoms with Gasteiger partial charge in [0.15, 0.2) is 0 Å². The normalized spacial score (nSPS) is 17.9. The van der Waals surface area contributed by atoms with Crippen molar-refractivity contribution in [3.8, 4) is 12.3 Å². The molecule has 5 heteroatoms.